The van der Waals surface area contributed by atoms with Gasteiger partial charge in [0.2, 0.25) is 0 Å². The van der Waals surface area contributed by atoms with E-state index in [9.17, 15) is 4.79 Å². The van der Waals surface area contributed by atoms with Crippen LogP contribution in [-0.4, -0.2) is 61.2 Å². The lowest BCUT2D eigenvalue weighted by molar-refractivity contribution is -0.152. The molecule has 6 nitrogen and oxygen atoms in total. The summed E-state index contributed by atoms with van der Waals surface area (Å²) in [6, 6.07) is 0.378. The minimum Gasteiger partial charge on any atom is -0.459 e. The van der Waals surface area contributed by atoms with Crippen molar-refractivity contribution in [3.63, 3.8) is 0 Å². The number of aliphatic imine (C=N–C) groups is 1. The van der Waals surface area contributed by atoms with Crippen molar-refractivity contribution in [2.45, 2.75) is 59.1 Å². The zero-order valence-electron chi connectivity index (χ0n) is 15.9. The van der Waals surface area contributed by atoms with Gasteiger partial charge in [-0.25, -0.2) is 4.99 Å². The molecular weight excluding hydrogens is 304 g/mol. The fourth-order valence-corrected chi connectivity index (χ4v) is 2.65. The highest BCUT2D eigenvalue weighted by Gasteiger charge is 2.20. The van der Waals surface area contributed by atoms with E-state index in [2.05, 4.69) is 34.0 Å². The molecular formula is C18H34N4O2. The summed E-state index contributed by atoms with van der Waals surface area (Å²) >= 11 is 0. The van der Waals surface area contributed by atoms with Gasteiger partial charge in [0.15, 0.2) is 5.96 Å². The van der Waals surface area contributed by atoms with E-state index >= 15 is 0 Å². The van der Waals surface area contributed by atoms with Gasteiger partial charge in [-0.1, -0.05) is 12.2 Å². The van der Waals surface area contributed by atoms with Gasteiger partial charge in [-0.15, -0.1) is 0 Å². The highest BCUT2D eigenvalue weighted by atomic mass is 16.6. The van der Waals surface area contributed by atoms with Crippen LogP contribution in [-0.2, 0) is 9.53 Å². The third kappa shape index (κ3) is 8.91. The SMILES string of the molecule is C=C(C)CN1CCC(NC(=NCC(=O)OC(C)(C)C)NCC)CC1. The number of rotatable bonds is 6. The number of hydrogen-bond acceptors (Lipinski definition) is 4. The quantitative estimate of drug-likeness (QED) is 0.335. The third-order valence-electron chi connectivity index (χ3n) is 3.55. The van der Waals surface area contributed by atoms with Crippen molar-refractivity contribution in [3.8, 4) is 0 Å². The number of carbonyl (C=O) groups excluding carboxylic acids is 1. The van der Waals surface area contributed by atoms with Crippen LogP contribution in [0.5, 0.6) is 0 Å². The van der Waals surface area contributed by atoms with Gasteiger partial charge in [-0.05, 0) is 47.5 Å². The monoisotopic (exact) mass is 338 g/mol. The largest absolute Gasteiger partial charge is 0.459 e. The fourth-order valence-electron chi connectivity index (χ4n) is 2.65. The third-order valence-corrected chi connectivity index (χ3v) is 3.55. The number of piperidine rings is 1. The molecule has 1 saturated heterocycles. The van der Waals surface area contributed by atoms with Crippen LogP contribution in [0.15, 0.2) is 17.1 Å². The van der Waals surface area contributed by atoms with Gasteiger partial charge >= 0.3 is 5.97 Å². The molecule has 6 heteroatoms. The summed E-state index contributed by atoms with van der Waals surface area (Å²) < 4.78 is 5.29. The number of nitrogens with one attached hydrogen (secondary N) is 2. The van der Waals surface area contributed by atoms with Crippen LogP contribution in [0.25, 0.3) is 0 Å². The number of nitrogens with zero attached hydrogens (tertiary/aromatic N) is 2. The predicted octanol–water partition coefficient (Wildman–Crippen LogP) is 1.92. The molecule has 0 aromatic rings. The second-order valence-electron chi connectivity index (χ2n) is 7.43. The van der Waals surface area contributed by atoms with Crippen LogP contribution in [0.3, 0.4) is 0 Å². The summed E-state index contributed by atoms with van der Waals surface area (Å²) in [6.45, 7) is 17.5. The number of ether oxygens (including phenoxy) is 1. The Hall–Kier alpha value is -1.56. The first kappa shape index (κ1) is 20.5. The van der Waals surface area contributed by atoms with Crippen LogP contribution in [0, 0.1) is 0 Å². The molecule has 138 valence electrons. The minimum absolute atomic E-state index is 0.0289. The molecule has 0 atom stereocenters. The van der Waals surface area contributed by atoms with Crippen molar-refractivity contribution < 1.29 is 9.53 Å². The van der Waals surface area contributed by atoms with Crippen molar-refractivity contribution in [1.29, 1.82) is 0 Å². The second kappa shape index (κ2) is 9.67. The summed E-state index contributed by atoms with van der Waals surface area (Å²) in [5.74, 6) is 0.373. The van der Waals surface area contributed by atoms with E-state index in [4.69, 9.17) is 4.74 Å². The van der Waals surface area contributed by atoms with E-state index in [0.29, 0.717) is 12.0 Å². The van der Waals surface area contributed by atoms with Gasteiger partial charge in [0.25, 0.3) is 0 Å². The number of likely N-dealkylation sites (tertiary alicyclic amines) is 1. The maximum Gasteiger partial charge on any atom is 0.328 e. The molecule has 0 amide bonds. The molecule has 0 spiro atoms. The van der Waals surface area contributed by atoms with Gasteiger partial charge in [0.05, 0.1) is 0 Å². The van der Waals surface area contributed by atoms with E-state index < -0.39 is 5.60 Å². The van der Waals surface area contributed by atoms with Crippen LogP contribution in [0.1, 0.15) is 47.5 Å². The van der Waals surface area contributed by atoms with E-state index in [1.54, 1.807) is 0 Å². The molecule has 1 fully saturated rings. The Kier molecular flexibility index (Phi) is 8.25. The van der Waals surface area contributed by atoms with Gasteiger partial charge in [-0.2, -0.15) is 0 Å². The molecule has 1 aliphatic heterocycles. The van der Waals surface area contributed by atoms with E-state index in [1.165, 1.54) is 5.57 Å². The molecule has 1 heterocycles. The van der Waals surface area contributed by atoms with Gasteiger partial charge in [0.1, 0.15) is 12.1 Å². The molecule has 1 aliphatic rings. The maximum atomic E-state index is 11.8. The fraction of sp³-hybridized carbons (Fsp3) is 0.778. The molecule has 0 saturated carbocycles. The Labute approximate surface area is 146 Å². The summed E-state index contributed by atoms with van der Waals surface area (Å²) in [6.07, 6.45) is 2.12. The average Bonchev–Trinajstić information content (AvgIpc) is 2.44. The molecule has 2 N–H and O–H groups in total. The zero-order chi connectivity index (χ0) is 18.2. The van der Waals surface area contributed by atoms with Crippen LogP contribution in [0.2, 0.25) is 0 Å². The maximum absolute atomic E-state index is 11.8. The van der Waals surface area contributed by atoms with Crippen molar-refractivity contribution in [1.82, 2.24) is 15.5 Å². The topological polar surface area (TPSA) is 66.0 Å². The molecule has 1 rings (SSSR count). The van der Waals surface area contributed by atoms with Crippen molar-refractivity contribution in [3.05, 3.63) is 12.2 Å². The minimum atomic E-state index is -0.478. The Bertz CT molecular complexity index is 446. The molecule has 0 bridgehead atoms. The molecule has 0 unspecified atom stereocenters. The predicted molar refractivity (Wildman–Crippen MR) is 99.2 cm³/mol. The van der Waals surface area contributed by atoms with E-state index in [1.807, 2.05) is 27.7 Å². The van der Waals surface area contributed by atoms with Crippen molar-refractivity contribution >= 4 is 11.9 Å². The summed E-state index contributed by atoms with van der Waals surface area (Å²) in [5.41, 5.74) is 0.725. The van der Waals surface area contributed by atoms with Gasteiger partial charge in [0, 0.05) is 32.2 Å². The first-order valence-electron chi connectivity index (χ1n) is 8.83. The van der Waals surface area contributed by atoms with Crippen LogP contribution < -0.4 is 10.6 Å². The Morgan fingerprint density at radius 1 is 1.33 bits per heavy atom. The van der Waals surface area contributed by atoms with E-state index in [-0.39, 0.29) is 12.5 Å². The Balaban J connectivity index is 2.47. The van der Waals surface area contributed by atoms with E-state index in [0.717, 1.165) is 39.0 Å². The molecule has 0 aliphatic carbocycles. The highest BCUT2D eigenvalue weighted by Crippen LogP contribution is 2.11. The second-order valence-corrected chi connectivity index (χ2v) is 7.43. The molecule has 24 heavy (non-hydrogen) atoms. The molecule has 0 aromatic heterocycles. The smallest absolute Gasteiger partial charge is 0.328 e. The lowest BCUT2D eigenvalue weighted by Gasteiger charge is -2.33. The summed E-state index contributed by atoms with van der Waals surface area (Å²) in [5, 5.41) is 6.63. The Morgan fingerprint density at radius 2 is 1.96 bits per heavy atom. The van der Waals surface area contributed by atoms with Crippen LogP contribution >= 0.6 is 0 Å². The molecule has 0 aromatic carbocycles. The number of carbonyl (C=O) groups is 1. The lowest BCUT2D eigenvalue weighted by Crippen LogP contribution is -2.49. The summed E-state index contributed by atoms with van der Waals surface area (Å²) in [7, 11) is 0. The number of guanidine groups is 1. The highest BCUT2D eigenvalue weighted by molar-refractivity contribution is 5.83. The number of hydrogen-bond donors (Lipinski definition) is 2. The summed E-state index contributed by atoms with van der Waals surface area (Å²) in [4.78, 5) is 18.6. The standard InChI is InChI=1S/C18H34N4O2/c1-7-19-17(20-12-16(23)24-18(4,5)6)21-15-8-10-22(11-9-15)13-14(2)3/h15H,2,7-13H2,1,3-6H3,(H2,19,20,21). The zero-order valence-corrected chi connectivity index (χ0v) is 15.9. The average molecular weight is 338 g/mol. The molecule has 0 radical (unpaired) electrons. The first-order valence-corrected chi connectivity index (χ1v) is 8.83. The first-order chi connectivity index (χ1) is 11.2. The van der Waals surface area contributed by atoms with Gasteiger partial charge in [-0.3, -0.25) is 9.69 Å². The van der Waals surface area contributed by atoms with Crippen molar-refractivity contribution in [2.24, 2.45) is 4.99 Å². The Morgan fingerprint density at radius 3 is 2.46 bits per heavy atom. The van der Waals surface area contributed by atoms with Crippen LogP contribution in [0.4, 0.5) is 0 Å². The lowest BCUT2D eigenvalue weighted by atomic mass is 10.0. The van der Waals surface area contributed by atoms with Crippen molar-refractivity contribution in [2.75, 3.05) is 32.7 Å². The number of esters is 1. The van der Waals surface area contributed by atoms with Gasteiger partial charge < -0.3 is 15.4 Å². The normalized spacial score (nSPS) is 17.5.